The van der Waals surface area contributed by atoms with Crippen molar-refractivity contribution in [1.82, 2.24) is 15.0 Å². The fourth-order valence-electron chi connectivity index (χ4n) is 1.94. The molecule has 0 aliphatic heterocycles. The molecular weight excluding hydrogens is 258 g/mol. The normalized spacial score (nSPS) is 12.3. The molecule has 1 unspecified atom stereocenters. The molecule has 2 aromatic heterocycles. The van der Waals surface area contributed by atoms with Crippen LogP contribution < -0.4 is 0 Å². The SMILES string of the molecule is Cc1noc(CCCC(=O)N(C)C(C)c2ccco2)n1. The highest BCUT2D eigenvalue weighted by Crippen LogP contribution is 2.20. The molecule has 2 rings (SSSR count). The lowest BCUT2D eigenvalue weighted by Crippen LogP contribution is -2.29. The van der Waals surface area contributed by atoms with Crippen LogP contribution >= 0.6 is 0 Å². The van der Waals surface area contributed by atoms with Gasteiger partial charge in [-0.05, 0) is 32.4 Å². The van der Waals surface area contributed by atoms with Crippen molar-refractivity contribution in [2.24, 2.45) is 0 Å². The summed E-state index contributed by atoms with van der Waals surface area (Å²) in [6, 6.07) is 3.63. The number of hydrogen-bond acceptors (Lipinski definition) is 5. The Balaban J connectivity index is 1.79. The summed E-state index contributed by atoms with van der Waals surface area (Å²) in [7, 11) is 1.78. The minimum Gasteiger partial charge on any atom is -0.467 e. The number of aromatic nitrogens is 2. The maximum Gasteiger partial charge on any atom is 0.226 e. The van der Waals surface area contributed by atoms with E-state index in [1.54, 1.807) is 25.1 Å². The number of carbonyl (C=O) groups excluding carboxylic acids is 1. The van der Waals surface area contributed by atoms with Crippen LogP contribution in [0, 0.1) is 6.92 Å². The van der Waals surface area contributed by atoms with E-state index >= 15 is 0 Å². The molecule has 0 aliphatic rings. The van der Waals surface area contributed by atoms with Crippen molar-refractivity contribution in [1.29, 1.82) is 0 Å². The van der Waals surface area contributed by atoms with Gasteiger partial charge in [-0.25, -0.2) is 0 Å². The molecule has 1 amide bonds. The molecule has 2 aromatic rings. The maximum absolute atomic E-state index is 12.1. The summed E-state index contributed by atoms with van der Waals surface area (Å²) in [5.74, 6) is 2.06. The first kappa shape index (κ1) is 14.3. The van der Waals surface area contributed by atoms with E-state index in [9.17, 15) is 4.79 Å². The monoisotopic (exact) mass is 277 g/mol. The molecule has 0 spiro atoms. The summed E-state index contributed by atoms with van der Waals surface area (Å²) in [4.78, 5) is 17.9. The molecule has 0 N–H and O–H groups in total. The third kappa shape index (κ3) is 3.46. The minimum atomic E-state index is -0.0665. The molecule has 0 aromatic carbocycles. The number of furan rings is 1. The molecule has 0 radical (unpaired) electrons. The summed E-state index contributed by atoms with van der Waals surface area (Å²) in [5, 5.41) is 3.72. The maximum atomic E-state index is 12.1. The third-order valence-electron chi connectivity index (χ3n) is 3.28. The van der Waals surface area contributed by atoms with Crippen LogP contribution in [-0.4, -0.2) is 28.0 Å². The Hall–Kier alpha value is -2.11. The van der Waals surface area contributed by atoms with Crippen molar-refractivity contribution in [3.8, 4) is 0 Å². The van der Waals surface area contributed by atoms with E-state index in [0.29, 0.717) is 31.0 Å². The summed E-state index contributed by atoms with van der Waals surface area (Å²) in [5.41, 5.74) is 0. The van der Waals surface area contributed by atoms with Gasteiger partial charge in [0.1, 0.15) is 5.76 Å². The Bertz CT molecular complexity index is 548. The predicted octanol–water partition coefficient (Wildman–Crippen LogP) is 2.51. The minimum absolute atomic E-state index is 0.0665. The van der Waals surface area contributed by atoms with Crippen molar-refractivity contribution in [3.05, 3.63) is 35.9 Å². The number of nitrogens with zero attached hydrogens (tertiary/aromatic N) is 3. The summed E-state index contributed by atoms with van der Waals surface area (Å²) >= 11 is 0. The van der Waals surface area contributed by atoms with Gasteiger partial charge in [0, 0.05) is 19.9 Å². The van der Waals surface area contributed by atoms with Crippen molar-refractivity contribution >= 4 is 5.91 Å². The van der Waals surface area contributed by atoms with Gasteiger partial charge in [0.05, 0.1) is 12.3 Å². The van der Waals surface area contributed by atoms with Gasteiger partial charge >= 0.3 is 0 Å². The van der Waals surface area contributed by atoms with E-state index in [-0.39, 0.29) is 11.9 Å². The first-order valence-corrected chi connectivity index (χ1v) is 6.66. The average Bonchev–Trinajstić information content (AvgIpc) is 3.08. The first-order valence-electron chi connectivity index (χ1n) is 6.66. The first-order chi connectivity index (χ1) is 9.58. The topological polar surface area (TPSA) is 72.4 Å². The zero-order valence-corrected chi connectivity index (χ0v) is 12.0. The Labute approximate surface area is 117 Å². The second kappa shape index (κ2) is 6.36. The van der Waals surface area contributed by atoms with Crippen molar-refractivity contribution in [2.45, 2.75) is 39.2 Å². The zero-order chi connectivity index (χ0) is 14.5. The zero-order valence-electron chi connectivity index (χ0n) is 12.0. The van der Waals surface area contributed by atoms with Gasteiger partial charge < -0.3 is 13.8 Å². The van der Waals surface area contributed by atoms with E-state index in [1.807, 2.05) is 19.1 Å². The predicted molar refractivity (Wildman–Crippen MR) is 71.9 cm³/mol. The lowest BCUT2D eigenvalue weighted by molar-refractivity contribution is -0.132. The second-order valence-corrected chi connectivity index (χ2v) is 4.78. The average molecular weight is 277 g/mol. The van der Waals surface area contributed by atoms with Crippen molar-refractivity contribution in [3.63, 3.8) is 0 Å². The summed E-state index contributed by atoms with van der Waals surface area (Å²) in [6.07, 6.45) is 3.37. The van der Waals surface area contributed by atoms with Crippen LogP contribution in [0.5, 0.6) is 0 Å². The molecule has 20 heavy (non-hydrogen) atoms. The van der Waals surface area contributed by atoms with Gasteiger partial charge in [0.2, 0.25) is 11.8 Å². The lowest BCUT2D eigenvalue weighted by Gasteiger charge is -2.23. The molecule has 0 aliphatic carbocycles. The lowest BCUT2D eigenvalue weighted by atomic mass is 10.2. The van der Waals surface area contributed by atoms with Gasteiger partial charge in [-0.15, -0.1) is 0 Å². The smallest absolute Gasteiger partial charge is 0.226 e. The standard InChI is InChI=1S/C14H19N3O3/c1-10(12-6-5-9-19-12)17(3)14(18)8-4-7-13-15-11(2)16-20-13/h5-6,9-10H,4,7-8H2,1-3H3. The van der Waals surface area contributed by atoms with E-state index in [4.69, 9.17) is 8.94 Å². The van der Waals surface area contributed by atoms with Crippen molar-refractivity contribution < 1.29 is 13.7 Å². The molecule has 1 atom stereocenters. The Morgan fingerprint density at radius 1 is 1.50 bits per heavy atom. The number of hydrogen-bond donors (Lipinski definition) is 0. The highest BCUT2D eigenvalue weighted by molar-refractivity contribution is 5.76. The van der Waals surface area contributed by atoms with Crippen LogP contribution in [0.2, 0.25) is 0 Å². The number of aryl methyl sites for hydroxylation is 2. The number of rotatable bonds is 6. The third-order valence-corrected chi connectivity index (χ3v) is 3.28. The molecular formula is C14H19N3O3. The Kier molecular flexibility index (Phi) is 4.55. The molecule has 108 valence electrons. The van der Waals surface area contributed by atoms with Gasteiger partial charge in [-0.3, -0.25) is 4.79 Å². The van der Waals surface area contributed by atoms with Gasteiger partial charge in [0.25, 0.3) is 0 Å². The quantitative estimate of drug-likeness (QED) is 0.811. The van der Waals surface area contributed by atoms with Gasteiger partial charge in [-0.2, -0.15) is 4.98 Å². The van der Waals surface area contributed by atoms with Gasteiger partial charge in [-0.1, -0.05) is 5.16 Å². The fourth-order valence-corrected chi connectivity index (χ4v) is 1.94. The second-order valence-electron chi connectivity index (χ2n) is 4.78. The summed E-state index contributed by atoms with van der Waals surface area (Å²) < 4.78 is 10.3. The molecule has 0 bridgehead atoms. The Morgan fingerprint density at radius 3 is 2.90 bits per heavy atom. The number of amides is 1. The molecule has 6 nitrogen and oxygen atoms in total. The fraction of sp³-hybridized carbons (Fsp3) is 0.500. The largest absolute Gasteiger partial charge is 0.467 e. The van der Waals surface area contributed by atoms with E-state index in [2.05, 4.69) is 10.1 Å². The van der Waals surface area contributed by atoms with Crippen molar-refractivity contribution in [2.75, 3.05) is 7.05 Å². The molecule has 0 fully saturated rings. The Morgan fingerprint density at radius 2 is 2.30 bits per heavy atom. The number of carbonyl (C=O) groups is 1. The van der Waals surface area contributed by atoms with Gasteiger partial charge in [0.15, 0.2) is 5.82 Å². The molecule has 0 saturated heterocycles. The van der Waals surface area contributed by atoms with E-state index in [0.717, 1.165) is 5.76 Å². The van der Waals surface area contributed by atoms with E-state index in [1.165, 1.54) is 0 Å². The van der Waals surface area contributed by atoms with Crippen LogP contribution in [0.1, 0.15) is 43.3 Å². The molecule has 2 heterocycles. The van der Waals surface area contributed by atoms with E-state index < -0.39 is 0 Å². The molecule has 0 saturated carbocycles. The van der Waals surface area contributed by atoms with Crippen LogP contribution in [0.15, 0.2) is 27.3 Å². The summed E-state index contributed by atoms with van der Waals surface area (Å²) in [6.45, 7) is 3.72. The highest BCUT2D eigenvalue weighted by atomic mass is 16.5. The molecule has 6 heteroatoms. The van der Waals surface area contributed by atoms with Crippen LogP contribution in [0.4, 0.5) is 0 Å². The van der Waals surface area contributed by atoms with Crippen LogP contribution in [0.25, 0.3) is 0 Å². The van der Waals surface area contributed by atoms with Crippen LogP contribution in [-0.2, 0) is 11.2 Å². The highest BCUT2D eigenvalue weighted by Gasteiger charge is 2.19. The van der Waals surface area contributed by atoms with Crippen LogP contribution in [0.3, 0.4) is 0 Å².